The third-order valence-electron chi connectivity index (χ3n) is 4.21. The molecule has 0 amide bonds. The van der Waals surface area contributed by atoms with E-state index in [0.717, 1.165) is 27.8 Å². The van der Waals surface area contributed by atoms with Crippen LogP contribution in [0.5, 0.6) is 5.75 Å². The lowest BCUT2D eigenvalue weighted by molar-refractivity contribution is 0.386. The van der Waals surface area contributed by atoms with Crippen LogP contribution in [0.25, 0.3) is 26.0 Å². The molecule has 0 saturated heterocycles. The summed E-state index contributed by atoms with van der Waals surface area (Å²) in [5, 5.41) is 5.10. The van der Waals surface area contributed by atoms with E-state index in [2.05, 4.69) is 10.3 Å². The Hall–Kier alpha value is -2.93. The second-order valence-corrected chi connectivity index (χ2v) is 6.72. The summed E-state index contributed by atoms with van der Waals surface area (Å²) in [5.74, 6) is -0.367. The molecule has 0 bridgehead atoms. The number of hydrogen-bond donors (Lipinski definition) is 1. The van der Waals surface area contributed by atoms with Crippen LogP contribution in [0, 0.1) is 5.82 Å². The zero-order chi connectivity index (χ0) is 18.3. The number of aromatic nitrogens is 2. The van der Waals surface area contributed by atoms with Crippen LogP contribution in [0.4, 0.5) is 10.1 Å². The quantitative estimate of drug-likeness (QED) is 0.586. The number of fused-ring (bicyclic) bond motifs is 3. The second kappa shape index (κ2) is 6.42. The monoisotopic (exact) mass is 369 g/mol. The third-order valence-corrected chi connectivity index (χ3v) is 5.31. The molecule has 7 heteroatoms. The first kappa shape index (κ1) is 16.5. The van der Waals surface area contributed by atoms with Gasteiger partial charge >= 0.3 is 0 Å². The molecular formula is C19H16FN3O2S. The molecule has 1 N–H and O–H groups in total. The molecule has 0 fully saturated rings. The molecule has 3 heterocycles. The molecule has 0 aliphatic heterocycles. The van der Waals surface area contributed by atoms with Gasteiger partial charge in [-0.1, -0.05) is 0 Å². The molecule has 0 aliphatic carbocycles. The molecule has 3 aromatic heterocycles. The van der Waals surface area contributed by atoms with E-state index in [1.54, 1.807) is 18.5 Å². The number of nitrogens with one attached hydrogen (secondary N) is 1. The molecule has 1 aromatic carbocycles. The highest BCUT2D eigenvalue weighted by Crippen LogP contribution is 2.35. The number of anilines is 1. The highest BCUT2D eigenvalue weighted by atomic mass is 32.1. The second-order valence-electron chi connectivity index (χ2n) is 5.72. The van der Waals surface area contributed by atoms with Crippen LogP contribution in [0.3, 0.4) is 0 Å². The van der Waals surface area contributed by atoms with Crippen LogP contribution < -0.4 is 15.6 Å². The minimum absolute atomic E-state index is 0.143. The molecule has 132 valence electrons. The van der Waals surface area contributed by atoms with E-state index in [1.807, 2.05) is 19.1 Å². The van der Waals surface area contributed by atoms with Gasteiger partial charge in [0, 0.05) is 41.5 Å². The summed E-state index contributed by atoms with van der Waals surface area (Å²) in [6, 6.07) is 8.24. The van der Waals surface area contributed by atoms with Crippen molar-refractivity contribution in [2.75, 3.05) is 19.0 Å². The lowest BCUT2D eigenvalue weighted by Crippen LogP contribution is -2.16. The van der Waals surface area contributed by atoms with E-state index in [1.165, 1.54) is 35.1 Å². The predicted octanol–water partition coefficient (Wildman–Crippen LogP) is 4.18. The van der Waals surface area contributed by atoms with Gasteiger partial charge in [-0.05, 0) is 31.2 Å². The lowest BCUT2D eigenvalue weighted by atomic mass is 10.2. The number of hydrogen-bond acceptors (Lipinski definition) is 5. The first-order valence-corrected chi connectivity index (χ1v) is 8.96. The van der Waals surface area contributed by atoms with Crippen molar-refractivity contribution in [1.82, 2.24) is 9.55 Å². The Kier molecular flexibility index (Phi) is 4.08. The fraction of sp³-hybridized carbons (Fsp3) is 0.158. The Balaban J connectivity index is 1.96. The number of benzene rings is 1. The van der Waals surface area contributed by atoms with Crippen LogP contribution >= 0.6 is 11.3 Å². The van der Waals surface area contributed by atoms with E-state index in [4.69, 9.17) is 4.74 Å². The molecule has 0 atom stereocenters. The first-order chi connectivity index (χ1) is 12.6. The minimum Gasteiger partial charge on any atom is -0.494 e. The SMILES string of the molecule is CCNc1ccnc2sc3c(=O)n(-c4ccc(OC)c(F)c4)ccc3c12. The maximum absolute atomic E-state index is 14.0. The summed E-state index contributed by atoms with van der Waals surface area (Å²) in [6.07, 6.45) is 3.40. The summed E-state index contributed by atoms with van der Waals surface area (Å²) in [7, 11) is 1.41. The van der Waals surface area contributed by atoms with Crippen molar-refractivity contribution >= 4 is 37.3 Å². The Bertz CT molecular complexity index is 1180. The number of methoxy groups -OCH3 is 1. The zero-order valence-electron chi connectivity index (χ0n) is 14.2. The highest BCUT2D eigenvalue weighted by molar-refractivity contribution is 7.25. The first-order valence-electron chi connectivity index (χ1n) is 8.14. The fourth-order valence-electron chi connectivity index (χ4n) is 3.04. The summed E-state index contributed by atoms with van der Waals surface area (Å²) in [5.41, 5.74) is 1.21. The topological polar surface area (TPSA) is 56.2 Å². The number of thiophene rings is 1. The van der Waals surface area contributed by atoms with Gasteiger partial charge in [-0.15, -0.1) is 11.3 Å². The largest absolute Gasteiger partial charge is 0.494 e. The summed E-state index contributed by atoms with van der Waals surface area (Å²) >= 11 is 1.35. The summed E-state index contributed by atoms with van der Waals surface area (Å²) in [6.45, 7) is 2.80. The van der Waals surface area contributed by atoms with Gasteiger partial charge in [-0.25, -0.2) is 9.37 Å². The van der Waals surface area contributed by atoms with E-state index in [-0.39, 0.29) is 11.3 Å². The van der Waals surface area contributed by atoms with Crippen molar-refractivity contribution in [2.24, 2.45) is 0 Å². The van der Waals surface area contributed by atoms with E-state index in [0.29, 0.717) is 10.4 Å². The molecule has 4 rings (SSSR count). The van der Waals surface area contributed by atoms with Crippen LogP contribution in [-0.4, -0.2) is 23.2 Å². The molecule has 0 unspecified atom stereocenters. The van der Waals surface area contributed by atoms with E-state index >= 15 is 0 Å². The fourth-order valence-corrected chi connectivity index (χ4v) is 4.13. The van der Waals surface area contributed by atoms with Gasteiger partial charge in [-0.3, -0.25) is 9.36 Å². The average molecular weight is 369 g/mol. The zero-order valence-corrected chi connectivity index (χ0v) is 15.1. The molecule has 0 radical (unpaired) electrons. The Morgan fingerprint density at radius 1 is 1.31 bits per heavy atom. The van der Waals surface area contributed by atoms with Crippen LogP contribution in [0.15, 0.2) is 47.5 Å². The Morgan fingerprint density at radius 3 is 2.88 bits per heavy atom. The van der Waals surface area contributed by atoms with E-state index < -0.39 is 5.82 Å². The minimum atomic E-state index is -0.510. The van der Waals surface area contributed by atoms with Gasteiger partial charge < -0.3 is 10.1 Å². The number of pyridine rings is 2. The summed E-state index contributed by atoms with van der Waals surface area (Å²) in [4.78, 5) is 18.2. The molecule has 0 saturated carbocycles. The smallest absolute Gasteiger partial charge is 0.273 e. The lowest BCUT2D eigenvalue weighted by Gasteiger charge is -2.08. The van der Waals surface area contributed by atoms with Crippen molar-refractivity contribution in [3.63, 3.8) is 0 Å². The average Bonchev–Trinajstić information content (AvgIpc) is 3.03. The number of ether oxygens (including phenoxy) is 1. The molecule has 0 aliphatic rings. The maximum Gasteiger partial charge on any atom is 0.273 e. The van der Waals surface area contributed by atoms with Gasteiger partial charge in [0.25, 0.3) is 5.56 Å². The van der Waals surface area contributed by atoms with Gasteiger partial charge in [0.1, 0.15) is 9.53 Å². The van der Waals surface area contributed by atoms with Gasteiger partial charge in [0.2, 0.25) is 0 Å². The van der Waals surface area contributed by atoms with Crippen molar-refractivity contribution in [1.29, 1.82) is 0 Å². The number of halogens is 1. The normalized spacial score (nSPS) is 11.2. The standard InChI is InChI=1S/C19H16FN3O2S/c1-3-21-14-6-8-22-18-16(14)12-7-9-23(19(24)17(12)26-18)11-4-5-15(25-2)13(20)10-11/h4-10H,3H2,1-2H3,(H,21,22). The molecule has 0 spiro atoms. The van der Waals surface area contributed by atoms with Crippen LogP contribution in [-0.2, 0) is 0 Å². The maximum atomic E-state index is 14.0. The number of nitrogens with zero attached hydrogens (tertiary/aromatic N) is 2. The van der Waals surface area contributed by atoms with Gasteiger partial charge in [0.15, 0.2) is 11.6 Å². The van der Waals surface area contributed by atoms with Gasteiger partial charge in [0.05, 0.1) is 12.8 Å². The van der Waals surface area contributed by atoms with Crippen LogP contribution in [0.1, 0.15) is 6.92 Å². The molecule has 26 heavy (non-hydrogen) atoms. The van der Waals surface area contributed by atoms with Crippen molar-refractivity contribution in [3.05, 3.63) is 58.9 Å². The van der Waals surface area contributed by atoms with E-state index in [9.17, 15) is 9.18 Å². The van der Waals surface area contributed by atoms with Gasteiger partial charge in [-0.2, -0.15) is 0 Å². The number of rotatable bonds is 4. The molecular weight excluding hydrogens is 353 g/mol. The van der Waals surface area contributed by atoms with Crippen molar-refractivity contribution in [3.8, 4) is 11.4 Å². The molecule has 4 aromatic rings. The van der Waals surface area contributed by atoms with Crippen LogP contribution in [0.2, 0.25) is 0 Å². The summed E-state index contributed by atoms with van der Waals surface area (Å²) < 4.78 is 21.0. The Morgan fingerprint density at radius 2 is 2.15 bits per heavy atom. The van der Waals surface area contributed by atoms with Crippen molar-refractivity contribution < 1.29 is 9.13 Å². The third kappa shape index (κ3) is 2.52. The highest BCUT2D eigenvalue weighted by Gasteiger charge is 2.15. The molecule has 5 nitrogen and oxygen atoms in total. The predicted molar refractivity (Wildman–Crippen MR) is 103 cm³/mol. The van der Waals surface area contributed by atoms with Crippen molar-refractivity contribution in [2.45, 2.75) is 6.92 Å². The Labute approximate surface area is 152 Å².